The molecule has 0 spiro atoms. The van der Waals surface area contributed by atoms with E-state index < -0.39 is 23.4 Å². The van der Waals surface area contributed by atoms with E-state index >= 15 is 0 Å². The van der Waals surface area contributed by atoms with Gasteiger partial charge in [0.05, 0.1) is 47.6 Å². The predicted molar refractivity (Wildman–Crippen MR) is 190 cm³/mol. The fourth-order valence-electron chi connectivity index (χ4n) is 7.23. The lowest BCUT2D eigenvalue weighted by molar-refractivity contribution is -0.154. The van der Waals surface area contributed by atoms with E-state index in [1.807, 2.05) is 0 Å². The Hall–Kier alpha value is -5.82. The molecule has 2 aliphatic heterocycles. The van der Waals surface area contributed by atoms with Gasteiger partial charge in [-0.1, -0.05) is 12.1 Å². The van der Waals surface area contributed by atoms with Gasteiger partial charge >= 0.3 is 11.9 Å². The van der Waals surface area contributed by atoms with Gasteiger partial charge in [-0.15, -0.1) is 0 Å². The summed E-state index contributed by atoms with van der Waals surface area (Å²) >= 11 is 0. The molecule has 280 valence electrons. The zero-order chi connectivity index (χ0) is 38.0. The van der Waals surface area contributed by atoms with Crippen molar-refractivity contribution in [3.05, 3.63) is 82.9 Å². The lowest BCUT2D eigenvalue weighted by atomic mass is 9.80. The number of carbonyl (C=O) groups is 2. The number of carbonyl (C=O) groups excluding carboxylic acids is 2. The zero-order valence-corrected chi connectivity index (χ0v) is 29.8. The largest absolute Gasteiger partial charge is 0.504 e. The van der Waals surface area contributed by atoms with Crippen molar-refractivity contribution in [1.29, 1.82) is 0 Å². The van der Waals surface area contributed by atoms with Crippen molar-refractivity contribution in [2.24, 2.45) is 17.8 Å². The van der Waals surface area contributed by atoms with Gasteiger partial charge in [0.15, 0.2) is 51.6 Å². The van der Waals surface area contributed by atoms with Gasteiger partial charge in [-0.05, 0) is 90.0 Å². The molecule has 4 aromatic carbocycles. The minimum Gasteiger partial charge on any atom is -0.504 e. The number of aliphatic hydroxyl groups is 1. The number of aromatic hydroxyl groups is 4. The maximum Gasteiger partial charge on any atom is 0.338 e. The molecular formula is C40H42O13. The van der Waals surface area contributed by atoms with Crippen LogP contribution < -0.4 is 18.9 Å². The molecule has 0 aromatic heterocycles. The Labute approximate surface area is 305 Å². The van der Waals surface area contributed by atoms with Gasteiger partial charge in [0, 0.05) is 29.4 Å². The molecule has 0 radical (unpaired) electrons. The number of cyclic esters (lactones) is 2. The van der Waals surface area contributed by atoms with Gasteiger partial charge in [0.1, 0.15) is 0 Å². The number of benzene rings is 4. The van der Waals surface area contributed by atoms with E-state index in [0.717, 1.165) is 5.56 Å². The molecule has 0 bridgehead atoms. The fraction of sp³-hybridized carbons (Fsp3) is 0.350. The molecule has 2 aliphatic rings. The SMILES string of the molecule is COc1cc(C[C@@H]2C(=O)OC[C@H]2Cc2cc(OC)c(O)c(-c3cc(C[C@@H]4COC(=O)[C@@]4(O)Cc4ccc(O)c(OC)c4)cc(OC)c3O)c2)ccc1O. The molecule has 0 aliphatic carbocycles. The highest BCUT2D eigenvalue weighted by Gasteiger charge is 2.51. The first-order valence-electron chi connectivity index (χ1n) is 17.0. The molecule has 5 N–H and O–H groups in total. The van der Waals surface area contributed by atoms with Crippen LogP contribution in [0.1, 0.15) is 22.3 Å². The summed E-state index contributed by atoms with van der Waals surface area (Å²) in [5.41, 5.74) is 1.12. The number of ether oxygens (including phenoxy) is 6. The number of methoxy groups -OCH3 is 4. The van der Waals surface area contributed by atoms with Crippen LogP contribution in [0.15, 0.2) is 60.7 Å². The predicted octanol–water partition coefficient (Wildman–Crippen LogP) is 4.47. The van der Waals surface area contributed by atoms with E-state index in [9.17, 15) is 35.1 Å². The van der Waals surface area contributed by atoms with E-state index in [4.69, 9.17) is 28.4 Å². The lowest BCUT2D eigenvalue weighted by Crippen LogP contribution is -2.44. The third kappa shape index (κ3) is 7.29. The topological polar surface area (TPSA) is 191 Å². The molecule has 2 fully saturated rings. The number of phenols is 4. The van der Waals surface area contributed by atoms with E-state index in [-0.39, 0.29) is 89.3 Å². The summed E-state index contributed by atoms with van der Waals surface area (Å²) in [4.78, 5) is 25.9. The van der Waals surface area contributed by atoms with E-state index in [1.165, 1.54) is 40.6 Å². The summed E-state index contributed by atoms with van der Waals surface area (Å²) in [6.07, 6.45) is 0.736. The van der Waals surface area contributed by atoms with Crippen LogP contribution in [0.3, 0.4) is 0 Å². The Morgan fingerprint density at radius 1 is 0.623 bits per heavy atom. The first-order chi connectivity index (χ1) is 25.4. The van der Waals surface area contributed by atoms with E-state index in [2.05, 4.69) is 0 Å². The number of phenolic OH excluding ortho intramolecular Hbond substituents is 4. The highest BCUT2D eigenvalue weighted by atomic mass is 16.6. The van der Waals surface area contributed by atoms with Crippen molar-refractivity contribution < 1.29 is 63.5 Å². The lowest BCUT2D eigenvalue weighted by Gasteiger charge is -2.26. The van der Waals surface area contributed by atoms with Crippen LogP contribution in [0, 0.1) is 17.8 Å². The molecule has 0 saturated carbocycles. The highest BCUT2D eigenvalue weighted by molar-refractivity contribution is 5.83. The number of esters is 2. The van der Waals surface area contributed by atoms with Gasteiger partial charge in [-0.25, -0.2) is 4.79 Å². The average Bonchev–Trinajstić information content (AvgIpc) is 3.63. The minimum atomic E-state index is -1.92. The first-order valence-corrected chi connectivity index (χ1v) is 17.0. The highest BCUT2D eigenvalue weighted by Crippen LogP contribution is 2.47. The van der Waals surface area contributed by atoms with Gasteiger partial charge < -0.3 is 54.0 Å². The minimum absolute atomic E-state index is 0.00894. The molecular weight excluding hydrogens is 688 g/mol. The molecule has 53 heavy (non-hydrogen) atoms. The summed E-state index contributed by atoms with van der Waals surface area (Å²) in [5, 5.41) is 54.5. The first kappa shape index (κ1) is 37.0. The summed E-state index contributed by atoms with van der Waals surface area (Å²) in [7, 11) is 5.64. The number of rotatable bonds is 13. The monoisotopic (exact) mass is 730 g/mol. The Balaban J connectivity index is 1.31. The third-order valence-electron chi connectivity index (χ3n) is 10.2. The van der Waals surface area contributed by atoms with Crippen LogP contribution in [0.25, 0.3) is 11.1 Å². The normalized spacial score (nSPS) is 20.9. The van der Waals surface area contributed by atoms with Crippen LogP contribution in [-0.4, -0.2) is 84.7 Å². The second-order valence-corrected chi connectivity index (χ2v) is 13.4. The van der Waals surface area contributed by atoms with Gasteiger partial charge in [-0.2, -0.15) is 0 Å². The molecule has 6 rings (SSSR count). The molecule has 13 heteroatoms. The Morgan fingerprint density at radius 2 is 1.13 bits per heavy atom. The van der Waals surface area contributed by atoms with Crippen molar-refractivity contribution in [1.82, 2.24) is 0 Å². The van der Waals surface area contributed by atoms with Crippen LogP contribution in [0.2, 0.25) is 0 Å². The van der Waals surface area contributed by atoms with Crippen LogP contribution in [-0.2, 0) is 44.7 Å². The zero-order valence-electron chi connectivity index (χ0n) is 29.8. The Kier molecular flexibility index (Phi) is 10.5. The van der Waals surface area contributed by atoms with Crippen LogP contribution >= 0.6 is 0 Å². The summed E-state index contributed by atoms with van der Waals surface area (Å²) in [6.45, 7) is 0.103. The quantitative estimate of drug-likeness (QED) is 0.121. The fourth-order valence-corrected chi connectivity index (χ4v) is 7.23. The number of hydrogen-bond donors (Lipinski definition) is 5. The second kappa shape index (κ2) is 15.0. The molecule has 2 heterocycles. The van der Waals surface area contributed by atoms with Gasteiger partial charge in [0.25, 0.3) is 0 Å². The van der Waals surface area contributed by atoms with E-state index in [1.54, 1.807) is 48.5 Å². The molecule has 4 aromatic rings. The van der Waals surface area contributed by atoms with Gasteiger partial charge in [0.2, 0.25) is 0 Å². The Morgan fingerprint density at radius 3 is 1.70 bits per heavy atom. The van der Waals surface area contributed by atoms with E-state index in [0.29, 0.717) is 35.3 Å². The van der Waals surface area contributed by atoms with Crippen molar-refractivity contribution in [3.8, 4) is 57.1 Å². The summed E-state index contributed by atoms with van der Waals surface area (Å²) in [6, 6.07) is 16.1. The van der Waals surface area contributed by atoms with Crippen molar-refractivity contribution in [2.45, 2.75) is 31.3 Å². The van der Waals surface area contributed by atoms with Gasteiger partial charge in [-0.3, -0.25) is 4.79 Å². The number of hydrogen-bond acceptors (Lipinski definition) is 13. The molecule has 13 nitrogen and oxygen atoms in total. The Bertz CT molecular complexity index is 2020. The van der Waals surface area contributed by atoms with Crippen LogP contribution in [0.5, 0.6) is 46.0 Å². The molecule has 0 amide bonds. The summed E-state index contributed by atoms with van der Waals surface area (Å²) < 4.78 is 32.3. The maximum absolute atomic E-state index is 13.0. The molecule has 0 unspecified atom stereocenters. The van der Waals surface area contributed by atoms with Crippen LogP contribution in [0.4, 0.5) is 0 Å². The molecule has 2 saturated heterocycles. The van der Waals surface area contributed by atoms with Crippen molar-refractivity contribution >= 4 is 11.9 Å². The summed E-state index contributed by atoms with van der Waals surface area (Å²) in [5.74, 6) is -2.45. The third-order valence-corrected chi connectivity index (χ3v) is 10.2. The van der Waals surface area contributed by atoms with Crippen molar-refractivity contribution in [2.75, 3.05) is 41.7 Å². The molecule has 4 atom stereocenters. The maximum atomic E-state index is 13.0. The standard InChI is InChI=1S/C40H42O13/c1-48-32-14-21(5-7-30(32)41)11-27-25(19-52-38(27)45)9-23-12-28(36(43)34(16-23)50-3)29-13-24(17-35(51-4)37(29)44)10-26-20-53-39(46)40(26,47)18-22-6-8-31(42)33(15-22)49-2/h5-8,12-17,25-27,41-44,47H,9-11,18-20H2,1-4H3/t25-,26-,27+,40-/m1/s1. The van der Waals surface area contributed by atoms with Crippen molar-refractivity contribution in [3.63, 3.8) is 0 Å². The average molecular weight is 731 g/mol. The smallest absolute Gasteiger partial charge is 0.338 e. The second-order valence-electron chi connectivity index (χ2n) is 13.4.